The Morgan fingerprint density at radius 1 is 1.12 bits per heavy atom. The van der Waals surface area contributed by atoms with Gasteiger partial charge in [0.25, 0.3) is 0 Å². The predicted molar refractivity (Wildman–Crippen MR) is 98.6 cm³/mol. The summed E-state index contributed by atoms with van der Waals surface area (Å²) in [7, 11) is 0. The molecular weight excluding hydrogens is 352 g/mol. The topological polar surface area (TPSA) is 67.3 Å². The summed E-state index contributed by atoms with van der Waals surface area (Å²) in [5.74, 6) is 1.05. The van der Waals surface area contributed by atoms with Crippen LogP contribution in [0.1, 0.15) is 11.6 Å². The van der Waals surface area contributed by atoms with Crippen molar-refractivity contribution in [3.05, 3.63) is 77.4 Å². The van der Waals surface area contributed by atoms with Crippen LogP contribution in [-0.2, 0) is 0 Å². The van der Waals surface area contributed by atoms with E-state index in [-0.39, 0.29) is 12.1 Å². The Kier molecular flexibility index (Phi) is 4.41. The summed E-state index contributed by atoms with van der Waals surface area (Å²) < 4.78 is 5.75. The Balaban J connectivity index is 1.62. The maximum Gasteiger partial charge on any atom is 0.322 e. The van der Waals surface area contributed by atoms with Crippen molar-refractivity contribution in [2.45, 2.75) is 6.04 Å². The zero-order valence-corrected chi connectivity index (χ0v) is 14.4. The zero-order valence-electron chi connectivity index (χ0n) is 13.7. The van der Waals surface area contributed by atoms with Crippen molar-refractivity contribution in [1.29, 1.82) is 0 Å². The van der Waals surface area contributed by atoms with E-state index in [0.29, 0.717) is 23.2 Å². The van der Waals surface area contributed by atoms with E-state index in [1.807, 2.05) is 36.4 Å². The van der Waals surface area contributed by atoms with Gasteiger partial charge in [-0.25, -0.2) is 4.79 Å². The van der Waals surface area contributed by atoms with Crippen LogP contribution in [0.4, 0.5) is 10.5 Å². The Morgan fingerprint density at radius 3 is 2.73 bits per heavy atom. The minimum Gasteiger partial charge on any atom is -0.438 e. The number of carbonyl (C=O) groups excluding carboxylic acids is 1. The number of nitrogens with zero attached hydrogens (tertiary/aromatic N) is 3. The highest BCUT2D eigenvalue weighted by Gasteiger charge is 2.33. The van der Waals surface area contributed by atoms with Crippen LogP contribution in [-0.4, -0.2) is 22.8 Å². The smallest absolute Gasteiger partial charge is 0.322 e. The van der Waals surface area contributed by atoms with Crippen molar-refractivity contribution in [1.82, 2.24) is 15.5 Å². The lowest BCUT2D eigenvalue weighted by Gasteiger charge is -2.24. The van der Waals surface area contributed by atoms with Gasteiger partial charge in [0.2, 0.25) is 5.88 Å². The Labute approximate surface area is 155 Å². The number of hydrogen-bond acceptors (Lipinski definition) is 4. The van der Waals surface area contributed by atoms with Gasteiger partial charge in [0.05, 0.1) is 6.04 Å². The van der Waals surface area contributed by atoms with E-state index >= 15 is 0 Å². The summed E-state index contributed by atoms with van der Waals surface area (Å²) in [5, 5.41) is 11.2. The van der Waals surface area contributed by atoms with Crippen molar-refractivity contribution < 1.29 is 9.53 Å². The molecular formula is C19H15ClN4O2. The molecule has 0 radical (unpaired) electrons. The summed E-state index contributed by atoms with van der Waals surface area (Å²) in [5.41, 5.74) is 1.74. The second-order valence-electron chi connectivity index (χ2n) is 5.78. The van der Waals surface area contributed by atoms with Crippen molar-refractivity contribution in [2.75, 3.05) is 11.4 Å². The molecule has 2 amide bonds. The number of benzene rings is 2. The number of urea groups is 1. The first-order valence-corrected chi connectivity index (χ1v) is 8.47. The number of ether oxygens (including phenoxy) is 1. The van der Waals surface area contributed by atoms with Crippen LogP contribution < -0.4 is 15.0 Å². The van der Waals surface area contributed by atoms with Crippen molar-refractivity contribution >= 4 is 23.3 Å². The maximum absolute atomic E-state index is 12.4. The summed E-state index contributed by atoms with van der Waals surface area (Å²) in [6.07, 6.45) is 1.59. The summed E-state index contributed by atoms with van der Waals surface area (Å²) in [6.45, 7) is 0.510. The first kappa shape index (κ1) is 16.4. The van der Waals surface area contributed by atoms with Gasteiger partial charge >= 0.3 is 6.03 Å². The maximum atomic E-state index is 12.4. The number of carbonyl (C=O) groups is 1. The molecule has 1 atom stereocenters. The van der Waals surface area contributed by atoms with Crippen molar-refractivity contribution in [2.24, 2.45) is 0 Å². The minimum absolute atomic E-state index is 0.141. The average Bonchev–Trinajstić information content (AvgIpc) is 3.05. The van der Waals surface area contributed by atoms with E-state index in [1.165, 1.54) is 0 Å². The lowest BCUT2D eigenvalue weighted by Crippen LogP contribution is -2.29. The molecule has 6 nitrogen and oxygen atoms in total. The first-order chi connectivity index (χ1) is 12.7. The molecule has 0 bridgehead atoms. The van der Waals surface area contributed by atoms with Crippen LogP contribution >= 0.6 is 11.6 Å². The highest BCUT2D eigenvalue weighted by atomic mass is 35.5. The molecule has 4 rings (SSSR count). The summed E-state index contributed by atoms with van der Waals surface area (Å²) in [4.78, 5) is 14.1. The molecule has 0 unspecified atom stereocenters. The molecule has 2 aromatic carbocycles. The molecule has 1 aliphatic rings. The molecule has 0 saturated carbocycles. The minimum atomic E-state index is -0.144. The Hall–Kier alpha value is -3.12. The van der Waals surface area contributed by atoms with Crippen LogP contribution in [0, 0.1) is 0 Å². The molecule has 26 heavy (non-hydrogen) atoms. The van der Waals surface area contributed by atoms with E-state index in [2.05, 4.69) is 15.5 Å². The van der Waals surface area contributed by atoms with Crippen LogP contribution in [0.3, 0.4) is 0 Å². The molecule has 0 spiro atoms. The quantitative estimate of drug-likeness (QED) is 0.751. The largest absolute Gasteiger partial charge is 0.438 e. The van der Waals surface area contributed by atoms with Crippen LogP contribution in [0.5, 0.6) is 11.6 Å². The van der Waals surface area contributed by atoms with Gasteiger partial charge in [-0.3, -0.25) is 4.90 Å². The molecule has 1 aliphatic heterocycles. The number of amides is 2. The number of hydrogen-bond donors (Lipinski definition) is 1. The highest BCUT2D eigenvalue weighted by molar-refractivity contribution is 6.30. The molecule has 2 heterocycles. The molecule has 1 fully saturated rings. The number of anilines is 1. The number of rotatable bonds is 4. The van der Waals surface area contributed by atoms with E-state index in [0.717, 1.165) is 11.3 Å². The predicted octanol–water partition coefficient (Wildman–Crippen LogP) is 4.19. The van der Waals surface area contributed by atoms with E-state index in [9.17, 15) is 4.79 Å². The first-order valence-electron chi connectivity index (χ1n) is 8.09. The van der Waals surface area contributed by atoms with E-state index < -0.39 is 0 Å². The standard InChI is InChI=1S/C19H15ClN4O2/c20-14-6-8-15(9-7-14)24-17(12-21-19(24)25)13-3-1-4-16(11-13)26-18-5-2-10-22-23-18/h1-11,17H,12H2,(H,21,25)/t17-/m1/s1. The summed E-state index contributed by atoms with van der Waals surface area (Å²) in [6, 6.07) is 18.0. The lowest BCUT2D eigenvalue weighted by molar-refractivity contribution is 0.251. The second kappa shape index (κ2) is 7.01. The Morgan fingerprint density at radius 2 is 1.96 bits per heavy atom. The van der Waals surface area contributed by atoms with Crippen LogP contribution in [0.15, 0.2) is 66.9 Å². The van der Waals surface area contributed by atoms with Crippen molar-refractivity contribution in [3.63, 3.8) is 0 Å². The molecule has 3 aromatic rings. The van der Waals surface area contributed by atoms with Gasteiger partial charge in [-0.2, -0.15) is 5.10 Å². The molecule has 130 valence electrons. The van der Waals surface area contributed by atoms with Gasteiger partial charge in [-0.15, -0.1) is 5.10 Å². The fourth-order valence-electron chi connectivity index (χ4n) is 2.92. The third-order valence-corrected chi connectivity index (χ3v) is 4.35. The Bertz CT molecular complexity index is 918. The van der Waals surface area contributed by atoms with Crippen LogP contribution in [0.25, 0.3) is 0 Å². The molecule has 0 aliphatic carbocycles. The van der Waals surface area contributed by atoms with Gasteiger partial charge < -0.3 is 10.1 Å². The number of nitrogens with one attached hydrogen (secondary N) is 1. The molecule has 1 aromatic heterocycles. The van der Waals surface area contributed by atoms with Gasteiger partial charge in [0.1, 0.15) is 5.75 Å². The fourth-order valence-corrected chi connectivity index (χ4v) is 3.04. The monoisotopic (exact) mass is 366 g/mol. The van der Waals surface area contributed by atoms with E-state index in [4.69, 9.17) is 16.3 Å². The second-order valence-corrected chi connectivity index (χ2v) is 6.22. The highest BCUT2D eigenvalue weighted by Crippen LogP contribution is 2.33. The molecule has 1 N–H and O–H groups in total. The summed E-state index contributed by atoms with van der Waals surface area (Å²) >= 11 is 5.96. The normalized spacial score (nSPS) is 16.4. The average molecular weight is 367 g/mol. The third kappa shape index (κ3) is 3.32. The molecule has 1 saturated heterocycles. The lowest BCUT2D eigenvalue weighted by atomic mass is 10.1. The van der Waals surface area contributed by atoms with E-state index in [1.54, 1.807) is 35.4 Å². The number of aromatic nitrogens is 2. The van der Waals surface area contributed by atoms with Crippen LogP contribution in [0.2, 0.25) is 5.02 Å². The van der Waals surface area contributed by atoms with Gasteiger partial charge in [-0.05, 0) is 48.0 Å². The molecule has 7 heteroatoms. The van der Waals surface area contributed by atoms with Crippen molar-refractivity contribution in [3.8, 4) is 11.6 Å². The zero-order chi connectivity index (χ0) is 17.9. The third-order valence-electron chi connectivity index (χ3n) is 4.10. The SMILES string of the molecule is O=C1NC[C@H](c2cccc(Oc3cccnn3)c2)N1c1ccc(Cl)cc1. The fraction of sp³-hybridized carbons (Fsp3) is 0.105. The number of halogens is 1. The van der Waals surface area contributed by atoms with Gasteiger partial charge in [0, 0.05) is 29.5 Å². The van der Waals surface area contributed by atoms with Gasteiger partial charge in [-0.1, -0.05) is 23.7 Å². The van der Waals surface area contributed by atoms with Gasteiger partial charge in [0.15, 0.2) is 0 Å².